The van der Waals surface area contributed by atoms with Crippen molar-refractivity contribution in [3.8, 4) is 0 Å². The monoisotopic (exact) mass is 583 g/mol. The summed E-state index contributed by atoms with van der Waals surface area (Å²) in [6.45, 7) is 0. The summed E-state index contributed by atoms with van der Waals surface area (Å²) < 4.78 is 7.17. The standard InChI is InChI=1S/C16H11Cl2I2N4/c1-23-14-7-12(11(18)6-10(14)15(19)22-23)20-16-9-5-8(17)3-4-13(9)21-24(16)2/h3-7H,1-2H3/q-1. The second-order valence-electron chi connectivity index (χ2n) is 5.37. The van der Waals surface area contributed by atoms with Gasteiger partial charge in [-0.3, -0.25) is 0 Å². The second kappa shape index (κ2) is 6.30. The summed E-state index contributed by atoms with van der Waals surface area (Å²) in [7, 11) is 3.93. The summed E-state index contributed by atoms with van der Waals surface area (Å²) in [5.74, 6) is 0. The van der Waals surface area contributed by atoms with Crippen molar-refractivity contribution >= 4 is 67.6 Å². The molecule has 0 N–H and O–H groups in total. The van der Waals surface area contributed by atoms with Crippen LogP contribution in [0.2, 0.25) is 10.0 Å². The van der Waals surface area contributed by atoms with Gasteiger partial charge in [0.15, 0.2) is 0 Å². The maximum atomic E-state index is 6.57. The van der Waals surface area contributed by atoms with Crippen LogP contribution in [0.1, 0.15) is 0 Å². The third kappa shape index (κ3) is 2.81. The van der Waals surface area contributed by atoms with Crippen LogP contribution in [0.4, 0.5) is 0 Å². The van der Waals surface area contributed by atoms with Crippen LogP contribution >= 0.6 is 45.8 Å². The number of nitrogens with zero attached hydrogens (tertiary/aromatic N) is 4. The summed E-state index contributed by atoms with van der Waals surface area (Å²) in [5.41, 5.74) is 2.06. The van der Waals surface area contributed by atoms with Gasteiger partial charge in [-0.15, -0.1) is 0 Å². The van der Waals surface area contributed by atoms with Gasteiger partial charge < -0.3 is 0 Å². The van der Waals surface area contributed by atoms with Crippen molar-refractivity contribution in [1.29, 1.82) is 0 Å². The molecule has 0 aliphatic heterocycles. The molecule has 2 heterocycles. The first-order chi connectivity index (χ1) is 11.4. The molecule has 24 heavy (non-hydrogen) atoms. The number of fused-ring (bicyclic) bond motifs is 2. The third-order valence-electron chi connectivity index (χ3n) is 3.76. The molecule has 0 fully saturated rings. The molecule has 2 aromatic carbocycles. The zero-order valence-corrected chi connectivity index (χ0v) is 18.5. The molecule has 4 rings (SSSR count). The molecule has 0 aliphatic rings. The Kier molecular flexibility index (Phi) is 4.42. The molecular formula is C16H11Cl2I2N4-. The van der Waals surface area contributed by atoms with E-state index in [0.717, 1.165) is 39.1 Å². The maximum absolute atomic E-state index is 6.57. The summed E-state index contributed by atoms with van der Waals surface area (Å²) in [6, 6.07) is 9.99. The van der Waals surface area contributed by atoms with E-state index in [1.54, 1.807) is 0 Å². The number of aromatic nitrogens is 4. The topological polar surface area (TPSA) is 35.6 Å². The fraction of sp³-hybridized carbons (Fsp3) is 0.125. The molecule has 0 saturated carbocycles. The Morgan fingerprint density at radius 1 is 1.00 bits per heavy atom. The van der Waals surface area contributed by atoms with Gasteiger partial charge in [-0.25, -0.2) is 0 Å². The van der Waals surface area contributed by atoms with E-state index in [4.69, 9.17) is 23.2 Å². The van der Waals surface area contributed by atoms with Crippen LogP contribution in [0.5, 0.6) is 0 Å². The van der Waals surface area contributed by atoms with Crippen molar-refractivity contribution in [2.24, 2.45) is 14.1 Å². The van der Waals surface area contributed by atoms with Crippen LogP contribution in [0.25, 0.3) is 21.8 Å². The quantitative estimate of drug-likeness (QED) is 0.336. The molecular weight excluding hydrogens is 573 g/mol. The minimum absolute atomic E-state index is 0.504. The molecule has 0 spiro atoms. The van der Waals surface area contributed by atoms with Crippen molar-refractivity contribution in [1.82, 2.24) is 19.6 Å². The van der Waals surface area contributed by atoms with Crippen molar-refractivity contribution in [2.75, 3.05) is 0 Å². The Labute approximate surface area is 172 Å². The van der Waals surface area contributed by atoms with Gasteiger partial charge in [0.05, 0.1) is 0 Å². The number of benzene rings is 2. The Bertz CT molecular complexity index is 1100. The first-order valence-corrected chi connectivity index (χ1v) is 11.0. The molecule has 0 amide bonds. The molecule has 4 nitrogen and oxygen atoms in total. The molecule has 0 saturated heterocycles. The molecule has 0 unspecified atom stereocenters. The van der Waals surface area contributed by atoms with Crippen LogP contribution in [0, 0.1) is 11.0 Å². The van der Waals surface area contributed by atoms with E-state index in [-0.39, 0.29) is 0 Å². The molecule has 0 radical (unpaired) electrons. The van der Waals surface area contributed by atoms with E-state index in [1.165, 1.54) is 3.70 Å². The van der Waals surface area contributed by atoms with E-state index in [0.29, 0.717) is 0 Å². The zero-order valence-electron chi connectivity index (χ0n) is 12.7. The van der Waals surface area contributed by atoms with E-state index in [2.05, 4.69) is 38.9 Å². The summed E-state index contributed by atoms with van der Waals surface area (Å²) in [5, 5.41) is 12.8. The Balaban J connectivity index is 1.88. The predicted octanol–water partition coefficient (Wildman–Crippen LogP) is 1.50. The van der Waals surface area contributed by atoms with Crippen LogP contribution < -0.4 is 21.2 Å². The second-order valence-corrected chi connectivity index (χ2v) is 9.96. The average Bonchev–Trinajstić information content (AvgIpc) is 2.97. The normalized spacial score (nSPS) is 11.9. The fourth-order valence-electron chi connectivity index (χ4n) is 2.63. The van der Waals surface area contributed by atoms with Crippen molar-refractivity contribution in [3.63, 3.8) is 0 Å². The van der Waals surface area contributed by atoms with Gasteiger partial charge in [-0.05, 0) is 0 Å². The number of aryl methyl sites for hydroxylation is 2. The van der Waals surface area contributed by atoms with E-state index in [1.807, 2.05) is 47.7 Å². The van der Waals surface area contributed by atoms with Crippen molar-refractivity contribution in [2.45, 2.75) is 0 Å². The Hall–Kier alpha value is -0.580. The fourth-order valence-corrected chi connectivity index (χ4v) is 6.56. The van der Waals surface area contributed by atoms with Gasteiger partial charge in [-0.2, -0.15) is 0 Å². The molecule has 0 aliphatic carbocycles. The van der Waals surface area contributed by atoms with Crippen LogP contribution in [0.15, 0.2) is 30.3 Å². The van der Waals surface area contributed by atoms with Gasteiger partial charge in [0.1, 0.15) is 0 Å². The molecule has 124 valence electrons. The number of hydrogen-bond acceptors (Lipinski definition) is 2. The molecule has 2 aromatic heterocycles. The predicted molar refractivity (Wildman–Crippen MR) is 102 cm³/mol. The van der Waals surface area contributed by atoms with Gasteiger partial charge in [0.25, 0.3) is 0 Å². The van der Waals surface area contributed by atoms with E-state index >= 15 is 0 Å². The van der Waals surface area contributed by atoms with E-state index in [9.17, 15) is 0 Å². The van der Waals surface area contributed by atoms with Crippen LogP contribution in [-0.2, 0) is 14.1 Å². The Morgan fingerprint density at radius 3 is 2.58 bits per heavy atom. The summed E-state index contributed by atoms with van der Waals surface area (Å²) in [6.07, 6.45) is 0. The molecule has 4 aromatic rings. The van der Waals surface area contributed by atoms with Crippen LogP contribution in [-0.4, -0.2) is 19.6 Å². The van der Waals surface area contributed by atoms with Crippen molar-refractivity contribution in [3.05, 3.63) is 51.3 Å². The van der Waals surface area contributed by atoms with E-state index < -0.39 is 21.2 Å². The van der Waals surface area contributed by atoms with Crippen LogP contribution in [0.3, 0.4) is 0 Å². The molecule has 0 bridgehead atoms. The summed E-state index contributed by atoms with van der Waals surface area (Å²) >= 11 is 14.5. The SMILES string of the molecule is Cn1nc2ccc(Cl)cc2c1[I-]c1cc2c(cc1Cl)c(I)nn2C. The molecule has 8 heteroatoms. The van der Waals surface area contributed by atoms with Gasteiger partial charge >= 0.3 is 174 Å². The first-order valence-electron chi connectivity index (χ1n) is 7.03. The number of hydrogen-bond donors (Lipinski definition) is 0. The average molecular weight is 584 g/mol. The van der Waals surface area contributed by atoms with Gasteiger partial charge in [-0.1, -0.05) is 0 Å². The number of rotatable bonds is 2. The van der Waals surface area contributed by atoms with Gasteiger partial charge in [0.2, 0.25) is 0 Å². The summed E-state index contributed by atoms with van der Waals surface area (Å²) in [4.78, 5) is 0. The van der Waals surface area contributed by atoms with Gasteiger partial charge in [0, 0.05) is 0 Å². The number of halogens is 4. The zero-order chi connectivity index (χ0) is 17.0. The van der Waals surface area contributed by atoms with Crippen molar-refractivity contribution < 1.29 is 21.2 Å². The molecule has 0 atom stereocenters. The minimum atomic E-state index is -0.504. The third-order valence-corrected chi connectivity index (χ3v) is 8.69. The first kappa shape index (κ1) is 16.9. The Morgan fingerprint density at radius 2 is 1.79 bits per heavy atom.